The second-order valence-electron chi connectivity index (χ2n) is 7.25. The minimum absolute atomic E-state index is 0.0315. The molecule has 2 aromatic carbocycles. The van der Waals surface area contributed by atoms with Crippen LogP contribution in [0.3, 0.4) is 0 Å². The van der Waals surface area contributed by atoms with Gasteiger partial charge >= 0.3 is 33.4 Å². The van der Waals surface area contributed by atoms with E-state index in [4.69, 9.17) is 0 Å². The number of Topliss-reactive ketones (excluding diaryl/α,β-unsaturated/α-hetero) is 1. The second kappa shape index (κ2) is 8.34. The first-order chi connectivity index (χ1) is 14.7. The molecule has 0 aliphatic heterocycles. The van der Waals surface area contributed by atoms with Crippen LogP contribution in [0.15, 0.2) is 42.5 Å². The lowest BCUT2D eigenvalue weighted by Gasteiger charge is -2.35. The molecular weight excluding hydrogens is 515 g/mol. The molecule has 0 amide bonds. The zero-order chi connectivity index (χ0) is 25.7. The van der Waals surface area contributed by atoms with Crippen LogP contribution in [-0.4, -0.2) is 55.7 Å². The highest BCUT2D eigenvalue weighted by molar-refractivity contribution is 8.32. The molecule has 0 atom stereocenters. The van der Waals surface area contributed by atoms with Gasteiger partial charge in [0.05, 0.1) is 5.75 Å². The van der Waals surface area contributed by atoms with Gasteiger partial charge in [-0.15, -0.1) is 10.3 Å². The number of hydrogen-bond donors (Lipinski definition) is 0. The molecule has 186 valence electrons. The van der Waals surface area contributed by atoms with Crippen molar-refractivity contribution in [3.8, 4) is 0 Å². The van der Waals surface area contributed by atoms with Crippen molar-refractivity contribution in [3.63, 3.8) is 0 Å². The molecule has 0 aromatic heterocycles. The molecule has 0 bridgehead atoms. The Labute approximate surface area is 183 Å². The minimum atomic E-state index is -7.41. The van der Waals surface area contributed by atoms with Crippen molar-refractivity contribution < 1.29 is 56.4 Å². The molecule has 0 radical (unpaired) electrons. The van der Waals surface area contributed by atoms with Gasteiger partial charge in [0.1, 0.15) is 0 Å². The van der Waals surface area contributed by atoms with Gasteiger partial charge in [0, 0.05) is 5.56 Å². The number of benzene rings is 2. The Morgan fingerprint density at radius 3 is 1.85 bits per heavy atom. The van der Waals surface area contributed by atoms with Crippen LogP contribution in [0.4, 0.5) is 39.5 Å². The van der Waals surface area contributed by atoms with E-state index in [0.717, 1.165) is 12.5 Å². The summed E-state index contributed by atoms with van der Waals surface area (Å²) in [7, 11) is -10.6. The molecule has 0 spiro atoms. The number of alkyl halides is 9. The number of ketones is 1. The van der Waals surface area contributed by atoms with Gasteiger partial charge in [-0.05, 0) is 29.4 Å². The third-order valence-corrected chi connectivity index (χ3v) is 8.29. The van der Waals surface area contributed by atoms with Crippen molar-refractivity contribution in [2.75, 3.05) is 18.3 Å². The van der Waals surface area contributed by atoms with Crippen LogP contribution in [-0.2, 0) is 13.7 Å². The van der Waals surface area contributed by atoms with E-state index in [-0.39, 0.29) is 5.56 Å². The maximum absolute atomic E-state index is 13.9. The molecule has 0 saturated heterocycles. The average molecular weight is 530 g/mol. The fraction of sp³-hybridized carbons (Fsp3) is 0.389. The first-order valence-electron chi connectivity index (χ1n) is 8.55. The highest BCUT2D eigenvalue weighted by Crippen LogP contribution is 2.57. The minimum Gasteiger partial charge on any atom is -0.293 e. The van der Waals surface area contributed by atoms with E-state index in [0.29, 0.717) is 10.8 Å². The Morgan fingerprint density at radius 1 is 0.818 bits per heavy atom. The summed E-state index contributed by atoms with van der Waals surface area (Å²) < 4.78 is 145. The van der Waals surface area contributed by atoms with Crippen LogP contribution < -0.4 is 0 Å². The van der Waals surface area contributed by atoms with Gasteiger partial charge in [-0.25, -0.2) is 3.63 Å². The van der Waals surface area contributed by atoms with Gasteiger partial charge in [-0.3, -0.25) is 4.79 Å². The van der Waals surface area contributed by atoms with Gasteiger partial charge in [-0.1, -0.05) is 36.4 Å². The van der Waals surface area contributed by atoms with Crippen LogP contribution >= 0.6 is 10.3 Å². The van der Waals surface area contributed by atoms with Crippen molar-refractivity contribution in [2.45, 2.75) is 23.3 Å². The Balaban J connectivity index is 2.31. The smallest absolute Gasteiger partial charge is 0.293 e. The van der Waals surface area contributed by atoms with Crippen LogP contribution in [0.25, 0.3) is 10.8 Å². The lowest BCUT2D eigenvalue weighted by Crippen LogP contribution is -2.63. The van der Waals surface area contributed by atoms with Gasteiger partial charge in [-0.2, -0.15) is 47.9 Å². The largest absolute Gasteiger partial charge is 0.460 e. The lowest BCUT2D eigenvalue weighted by atomic mass is 10.1. The van der Waals surface area contributed by atoms with E-state index in [9.17, 15) is 52.7 Å². The zero-order valence-corrected chi connectivity index (χ0v) is 18.2. The summed E-state index contributed by atoms with van der Waals surface area (Å²) in [5, 5.41) is -5.69. The third-order valence-electron chi connectivity index (χ3n) is 4.25. The summed E-state index contributed by atoms with van der Waals surface area (Å²) in [4.78, 5) is 12.5. The Hall–Kier alpha value is -2.00. The Kier molecular flexibility index (Phi) is 6.89. The molecule has 0 N–H and O–H groups in total. The summed E-state index contributed by atoms with van der Waals surface area (Å²) >= 11 is 0. The molecule has 15 heteroatoms. The van der Waals surface area contributed by atoms with Crippen LogP contribution in [0.5, 0.6) is 0 Å². The molecular formula is C18H15F9O4S2. The topological polar surface area (TPSA) is 60.4 Å². The van der Waals surface area contributed by atoms with Gasteiger partial charge in [0.15, 0.2) is 5.78 Å². The summed E-state index contributed by atoms with van der Waals surface area (Å²) in [6.07, 6.45) is -5.66. The predicted molar refractivity (Wildman–Crippen MR) is 103 cm³/mol. The van der Waals surface area contributed by atoms with E-state index < -0.39 is 55.2 Å². The number of carbonyl (C=O) groups excluding carboxylic acids is 1. The van der Waals surface area contributed by atoms with Crippen LogP contribution in [0.1, 0.15) is 10.4 Å². The Bertz CT molecular complexity index is 1160. The number of rotatable bonds is 8. The van der Waals surface area contributed by atoms with Gasteiger partial charge < -0.3 is 0 Å². The van der Waals surface area contributed by atoms with E-state index in [1.165, 1.54) is 18.2 Å². The van der Waals surface area contributed by atoms with Crippen molar-refractivity contribution >= 4 is 37.0 Å². The maximum atomic E-state index is 13.9. The summed E-state index contributed by atoms with van der Waals surface area (Å²) in [5.41, 5.74) is -0.0315. The molecule has 0 saturated carbocycles. The normalized spacial score (nSPS) is 15.0. The average Bonchev–Trinajstić information content (AvgIpc) is 2.64. The summed E-state index contributed by atoms with van der Waals surface area (Å²) in [6, 6.07) is 10.8. The highest BCUT2D eigenvalue weighted by Gasteiger charge is 2.86. The number of carbonyl (C=O) groups is 1. The molecule has 0 unspecified atom stereocenters. The highest BCUT2D eigenvalue weighted by atomic mass is 32.3. The maximum Gasteiger partial charge on any atom is 0.460 e. The lowest BCUT2D eigenvalue weighted by molar-refractivity contribution is -0.382. The molecule has 0 fully saturated rings. The number of hydrogen-bond acceptors (Lipinski definition) is 4. The molecule has 0 aliphatic rings. The second-order valence-corrected chi connectivity index (χ2v) is 12.4. The SMILES string of the molecule is CS(C)(CC(=O)c1ccc2ccccc2c1)OS(=O)(=O)C(F)(F)C(F)(F)C(F)(F)C(F)(F)F. The summed E-state index contributed by atoms with van der Waals surface area (Å²) in [5.74, 6) is -16.6. The van der Waals surface area contributed by atoms with Gasteiger partial charge in [0.2, 0.25) is 0 Å². The van der Waals surface area contributed by atoms with E-state index in [2.05, 4.69) is 3.63 Å². The number of halogens is 9. The van der Waals surface area contributed by atoms with Crippen molar-refractivity contribution in [3.05, 3.63) is 48.0 Å². The zero-order valence-electron chi connectivity index (χ0n) is 16.6. The standard InChI is InChI=1S/C18H15F9O4S2/c1-32(2,10-14(28)13-8-7-11-5-3-4-6-12(11)9-13)31-33(29,30)18(26,27)16(21,22)15(19,20)17(23,24)25/h3-9H,10H2,1-2H3. The molecule has 0 heterocycles. The molecule has 33 heavy (non-hydrogen) atoms. The molecule has 2 rings (SSSR count). The fourth-order valence-corrected chi connectivity index (χ4v) is 6.30. The van der Waals surface area contributed by atoms with Crippen molar-refractivity contribution in [2.24, 2.45) is 0 Å². The molecule has 4 nitrogen and oxygen atoms in total. The predicted octanol–water partition coefficient (Wildman–Crippen LogP) is 5.77. The van der Waals surface area contributed by atoms with Gasteiger partial charge in [0.25, 0.3) is 0 Å². The number of fused-ring (bicyclic) bond motifs is 1. The van der Waals surface area contributed by atoms with Crippen LogP contribution in [0.2, 0.25) is 0 Å². The first kappa shape index (κ1) is 27.2. The van der Waals surface area contributed by atoms with Crippen molar-refractivity contribution in [1.29, 1.82) is 0 Å². The fourth-order valence-electron chi connectivity index (χ4n) is 2.59. The van der Waals surface area contributed by atoms with Crippen LogP contribution in [0, 0.1) is 0 Å². The third kappa shape index (κ3) is 4.94. The summed E-state index contributed by atoms with van der Waals surface area (Å²) in [6.45, 7) is 0. The van der Waals surface area contributed by atoms with E-state index >= 15 is 0 Å². The quantitative estimate of drug-likeness (QED) is 0.321. The Morgan fingerprint density at radius 2 is 1.33 bits per heavy atom. The molecule has 0 aliphatic carbocycles. The first-order valence-corrected chi connectivity index (χ1v) is 12.5. The van der Waals surface area contributed by atoms with E-state index in [1.54, 1.807) is 24.3 Å². The monoisotopic (exact) mass is 530 g/mol. The van der Waals surface area contributed by atoms with Crippen molar-refractivity contribution in [1.82, 2.24) is 0 Å². The molecule has 2 aromatic rings. The van der Waals surface area contributed by atoms with E-state index in [1.807, 2.05) is 0 Å².